The van der Waals surface area contributed by atoms with E-state index in [1.54, 1.807) is 0 Å². The maximum atomic E-state index is 11.7. The fraction of sp³-hybridized carbons (Fsp3) is 0.200. The van der Waals surface area contributed by atoms with E-state index in [1.165, 1.54) is 17.3 Å². The van der Waals surface area contributed by atoms with E-state index in [0.29, 0.717) is 6.61 Å². The lowest BCUT2D eigenvalue weighted by Crippen LogP contribution is -2.07. The van der Waals surface area contributed by atoms with Crippen LogP contribution in [0.3, 0.4) is 0 Å². The molecular weight excluding hydrogens is 318 g/mol. The van der Waals surface area contributed by atoms with Crippen LogP contribution < -0.4 is 0 Å². The SMILES string of the molecule is CCOC(=O)CSc1nc2ccccc2cc1Cc1ccccc1. The smallest absolute Gasteiger partial charge is 0.316 e. The fourth-order valence-electron chi connectivity index (χ4n) is 2.54. The van der Waals surface area contributed by atoms with Crippen molar-refractivity contribution in [2.45, 2.75) is 18.4 Å². The largest absolute Gasteiger partial charge is 0.465 e. The molecule has 0 amide bonds. The van der Waals surface area contributed by atoms with Crippen LogP contribution in [0.2, 0.25) is 0 Å². The first-order valence-corrected chi connectivity index (χ1v) is 8.96. The third-order valence-corrected chi connectivity index (χ3v) is 4.64. The minimum atomic E-state index is -0.205. The summed E-state index contributed by atoms with van der Waals surface area (Å²) in [5.74, 6) is 0.0733. The number of rotatable bonds is 6. The highest BCUT2D eigenvalue weighted by molar-refractivity contribution is 7.99. The topological polar surface area (TPSA) is 39.2 Å². The highest BCUT2D eigenvalue weighted by atomic mass is 32.2. The molecule has 122 valence electrons. The molecule has 24 heavy (non-hydrogen) atoms. The number of para-hydroxylation sites is 1. The van der Waals surface area contributed by atoms with Crippen molar-refractivity contribution < 1.29 is 9.53 Å². The van der Waals surface area contributed by atoms with Gasteiger partial charge in [-0.15, -0.1) is 0 Å². The average molecular weight is 337 g/mol. The first-order valence-electron chi connectivity index (χ1n) is 7.97. The van der Waals surface area contributed by atoms with Crippen LogP contribution in [-0.4, -0.2) is 23.3 Å². The van der Waals surface area contributed by atoms with Gasteiger partial charge in [-0.2, -0.15) is 0 Å². The lowest BCUT2D eigenvalue weighted by Gasteiger charge is -2.10. The maximum absolute atomic E-state index is 11.7. The van der Waals surface area contributed by atoms with Crippen molar-refractivity contribution in [2.24, 2.45) is 0 Å². The van der Waals surface area contributed by atoms with Crippen LogP contribution in [0.25, 0.3) is 10.9 Å². The molecule has 0 fully saturated rings. The number of aromatic nitrogens is 1. The highest BCUT2D eigenvalue weighted by Gasteiger charge is 2.11. The number of nitrogens with zero attached hydrogens (tertiary/aromatic N) is 1. The van der Waals surface area contributed by atoms with Crippen LogP contribution in [0.4, 0.5) is 0 Å². The third-order valence-electron chi connectivity index (χ3n) is 3.63. The molecule has 0 aliphatic heterocycles. The summed E-state index contributed by atoms with van der Waals surface area (Å²) < 4.78 is 5.02. The van der Waals surface area contributed by atoms with E-state index in [0.717, 1.165) is 27.9 Å². The molecule has 4 heteroatoms. The van der Waals surface area contributed by atoms with Gasteiger partial charge < -0.3 is 4.74 Å². The summed E-state index contributed by atoms with van der Waals surface area (Å²) in [6.45, 7) is 2.22. The first-order chi connectivity index (χ1) is 11.8. The molecule has 0 aliphatic carbocycles. The molecule has 0 saturated carbocycles. The minimum absolute atomic E-state index is 0.205. The van der Waals surface area contributed by atoms with E-state index in [9.17, 15) is 4.79 Å². The average Bonchev–Trinajstić information content (AvgIpc) is 2.61. The van der Waals surface area contributed by atoms with E-state index in [2.05, 4.69) is 24.3 Å². The number of hydrogen-bond acceptors (Lipinski definition) is 4. The summed E-state index contributed by atoms with van der Waals surface area (Å²) in [5.41, 5.74) is 3.31. The number of carbonyl (C=O) groups excluding carboxylic acids is 1. The van der Waals surface area contributed by atoms with Crippen LogP contribution in [0, 0.1) is 0 Å². The van der Waals surface area contributed by atoms with E-state index < -0.39 is 0 Å². The molecule has 2 aromatic carbocycles. The Kier molecular flexibility index (Phi) is 5.49. The standard InChI is InChI=1S/C20H19NO2S/c1-2-23-19(22)14-24-20-17(12-15-8-4-3-5-9-15)13-16-10-6-7-11-18(16)21-20/h3-11,13H,2,12,14H2,1H3. The van der Waals surface area contributed by atoms with Crippen molar-refractivity contribution in [3.8, 4) is 0 Å². The summed E-state index contributed by atoms with van der Waals surface area (Å²) in [5, 5.41) is 2.01. The van der Waals surface area contributed by atoms with Gasteiger partial charge in [-0.05, 0) is 30.2 Å². The Morgan fingerprint density at radius 1 is 1.08 bits per heavy atom. The lowest BCUT2D eigenvalue weighted by atomic mass is 10.0. The number of benzene rings is 2. The van der Waals surface area contributed by atoms with Gasteiger partial charge in [0.2, 0.25) is 0 Å². The van der Waals surface area contributed by atoms with Crippen molar-refractivity contribution in [2.75, 3.05) is 12.4 Å². The number of ether oxygens (including phenoxy) is 1. The van der Waals surface area contributed by atoms with Crippen LogP contribution >= 0.6 is 11.8 Å². The molecule has 1 aromatic heterocycles. The van der Waals surface area contributed by atoms with Gasteiger partial charge in [0.25, 0.3) is 0 Å². The highest BCUT2D eigenvalue weighted by Crippen LogP contribution is 2.27. The Morgan fingerprint density at radius 2 is 1.83 bits per heavy atom. The Hall–Kier alpha value is -2.33. The van der Waals surface area contributed by atoms with E-state index >= 15 is 0 Å². The zero-order valence-corrected chi connectivity index (χ0v) is 14.4. The van der Waals surface area contributed by atoms with Gasteiger partial charge in [0.1, 0.15) is 5.03 Å². The molecule has 3 rings (SSSR count). The Labute approximate surface area is 146 Å². The second-order valence-corrected chi connectivity index (χ2v) is 6.37. The number of esters is 1. The van der Waals surface area contributed by atoms with Gasteiger partial charge in [0, 0.05) is 11.8 Å². The van der Waals surface area contributed by atoms with Gasteiger partial charge >= 0.3 is 5.97 Å². The Morgan fingerprint density at radius 3 is 2.62 bits per heavy atom. The zero-order valence-electron chi connectivity index (χ0n) is 13.6. The molecule has 0 bridgehead atoms. The number of fused-ring (bicyclic) bond motifs is 1. The predicted octanol–water partition coefficient (Wildman–Crippen LogP) is 4.48. The third kappa shape index (κ3) is 4.15. The summed E-state index contributed by atoms with van der Waals surface area (Å²) in [7, 11) is 0. The normalized spacial score (nSPS) is 10.7. The van der Waals surface area contributed by atoms with Gasteiger partial charge in [-0.1, -0.05) is 60.3 Å². The van der Waals surface area contributed by atoms with Crippen LogP contribution in [-0.2, 0) is 16.0 Å². The molecule has 0 atom stereocenters. The molecule has 0 saturated heterocycles. The number of pyridine rings is 1. The second kappa shape index (κ2) is 7.97. The Bertz CT molecular complexity index is 833. The Balaban J connectivity index is 1.91. The molecular formula is C20H19NO2S. The van der Waals surface area contributed by atoms with Crippen LogP contribution in [0.1, 0.15) is 18.1 Å². The molecule has 0 unspecified atom stereocenters. The monoisotopic (exact) mass is 337 g/mol. The maximum Gasteiger partial charge on any atom is 0.316 e. The van der Waals surface area contributed by atoms with Gasteiger partial charge in [0.05, 0.1) is 17.9 Å². The fourth-order valence-corrected chi connectivity index (χ4v) is 3.36. The van der Waals surface area contributed by atoms with E-state index in [-0.39, 0.29) is 11.7 Å². The number of thioether (sulfide) groups is 1. The summed E-state index contributed by atoms with van der Waals surface area (Å²) in [4.78, 5) is 16.4. The van der Waals surface area contributed by atoms with Crippen molar-refractivity contribution in [1.29, 1.82) is 0 Å². The summed E-state index contributed by atoms with van der Waals surface area (Å²) >= 11 is 1.44. The molecule has 1 heterocycles. The van der Waals surface area contributed by atoms with Crippen molar-refractivity contribution >= 4 is 28.6 Å². The molecule has 3 aromatic rings. The first kappa shape index (κ1) is 16.5. The summed E-state index contributed by atoms with van der Waals surface area (Å²) in [6, 6.07) is 20.5. The summed E-state index contributed by atoms with van der Waals surface area (Å²) in [6.07, 6.45) is 0.795. The molecule has 3 nitrogen and oxygen atoms in total. The predicted molar refractivity (Wildman–Crippen MR) is 98.3 cm³/mol. The van der Waals surface area contributed by atoms with E-state index in [4.69, 9.17) is 9.72 Å². The van der Waals surface area contributed by atoms with Crippen LogP contribution in [0.15, 0.2) is 65.7 Å². The zero-order chi connectivity index (χ0) is 16.8. The van der Waals surface area contributed by atoms with Crippen LogP contribution in [0.5, 0.6) is 0 Å². The van der Waals surface area contributed by atoms with Gasteiger partial charge in [0.15, 0.2) is 0 Å². The van der Waals surface area contributed by atoms with Crippen molar-refractivity contribution in [3.05, 3.63) is 71.8 Å². The molecule has 0 spiro atoms. The molecule has 0 N–H and O–H groups in total. The number of carbonyl (C=O) groups is 1. The quantitative estimate of drug-likeness (QED) is 0.491. The minimum Gasteiger partial charge on any atom is -0.465 e. The van der Waals surface area contributed by atoms with Crippen molar-refractivity contribution in [3.63, 3.8) is 0 Å². The van der Waals surface area contributed by atoms with E-state index in [1.807, 2.05) is 43.3 Å². The molecule has 0 aliphatic rings. The van der Waals surface area contributed by atoms with Gasteiger partial charge in [-0.25, -0.2) is 4.98 Å². The lowest BCUT2D eigenvalue weighted by molar-refractivity contribution is -0.139. The molecule has 0 radical (unpaired) electrons. The second-order valence-electron chi connectivity index (χ2n) is 5.40. The number of hydrogen-bond donors (Lipinski definition) is 0. The van der Waals surface area contributed by atoms with Gasteiger partial charge in [-0.3, -0.25) is 4.79 Å². The van der Waals surface area contributed by atoms with Crippen molar-refractivity contribution in [1.82, 2.24) is 4.98 Å².